The second kappa shape index (κ2) is 6.71. The zero-order valence-corrected chi connectivity index (χ0v) is 11.7. The molecular weight excluding hydrogens is 252 g/mol. The molecule has 0 aliphatic rings. The molecule has 1 atom stereocenters. The van der Waals surface area contributed by atoms with Gasteiger partial charge in [-0.3, -0.25) is 10.1 Å². The van der Waals surface area contributed by atoms with E-state index >= 15 is 0 Å². The number of nitrogens with zero attached hydrogens (tertiary/aromatic N) is 1. The molecule has 0 aliphatic carbocycles. The van der Waals surface area contributed by atoms with E-state index in [1.807, 2.05) is 0 Å². The van der Waals surface area contributed by atoms with Crippen molar-refractivity contribution in [3.63, 3.8) is 0 Å². The van der Waals surface area contributed by atoms with E-state index in [1.54, 1.807) is 12.1 Å². The maximum Gasteiger partial charge on any atom is 0.273 e. The first-order valence-corrected chi connectivity index (χ1v) is 6.49. The molecule has 0 saturated carbocycles. The van der Waals surface area contributed by atoms with E-state index < -0.39 is 0 Å². The first kappa shape index (κ1) is 14.9. The van der Waals surface area contributed by atoms with Crippen LogP contribution in [0.5, 0.6) is 0 Å². The second-order valence-electron chi connectivity index (χ2n) is 4.67. The van der Waals surface area contributed by atoms with Gasteiger partial charge in [0, 0.05) is 29.2 Å². The molecule has 0 aliphatic heterocycles. The normalized spacial score (nSPS) is 12.7. The van der Waals surface area contributed by atoms with Gasteiger partial charge in [-0.1, -0.05) is 32.4 Å². The van der Waals surface area contributed by atoms with Crippen LogP contribution in [0.2, 0.25) is 5.02 Å². The maximum absolute atomic E-state index is 10.9. The van der Waals surface area contributed by atoms with E-state index in [0.717, 1.165) is 6.42 Å². The van der Waals surface area contributed by atoms with Crippen molar-refractivity contribution in [3.05, 3.63) is 38.9 Å². The summed E-state index contributed by atoms with van der Waals surface area (Å²) in [5.41, 5.74) is 0.747. The van der Waals surface area contributed by atoms with Gasteiger partial charge in [-0.05, 0) is 24.5 Å². The fourth-order valence-corrected chi connectivity index (χ4v) is 2.16. The van der Waals surface area contributed by atoms with E-state index in [0.29, 0.717) is 29.1 Å². The van der Waals surface area contributed by atoms with Crippen molar-refractivity contribution in [1.82, 2.24) is 5.32 Å². The highest BCUT2D eigenvalue weighted by Crippen LogP contribution is 2.23. The average Bonchev–Trinajstić information content (AvgIpc) is 2.29. The number of hydrogen-bond acceptors (Lipinski definition) is 3. The zero-order chi connectivity index (χ0) is 13.7. The third-order valence-corrected chi connectivity index (χ3v) is 3.27. The van der Waals surface area contributed by atoms with Gasteiger partial charge in [0.15, 0.2) is 0 Å². The largest absolute Gasteiger partial charge is 0.309 e. The minimum absolute atomic E-state index is 0.116. The molecule has 0 radical (unpaired) electrons. The van der Waals surface area contributed by atoms with Crippen molar-refractivity contribution < 1.29 is 4.92 Å². The number of hydrogen-bond donors (Lipinski definition) is 1. The number of nitro benzene ring substituents is 1. The number of nitro groups is 1. The van der Waals surface area contributed by atoms with Crippen LogP contribution in [-0.4, -0.2) is 11.0 Å². The van der Waals surface area contributed by atoms with Crippen molar-refractivity contribution in [1.29, 1.82) is 0 Å². The quantitative estimate of drug-likeness (QED) is 0.632. The Kier molecular flexibility index (Phi) is 5.56. The van der Waals surface area contributed by atoms with Crippen LogP contribution in [-0.2, 0) is 6.54 Å². The summed E-state index contributed by atoms with van der Waals surface area (Å²) in [7, 11) is 0. The Morgan fingerprint density at radius 3 is 2.61 bits per heavy atom. The standard InChI is InChI=1S/C13H19ClN2O2/c1-4-12(9(2)3)15-8-10-7-11(14)5-6-13(10)16(17)18/h5-7,9,12,15H,4,8H2,1-3H3. The van der Waals surface area contributed by atoms with Crippen molar-refractivity contribution >= 4 is 17.3 Å². The maximum atomic E-state index is 10.9. The summed E-state index contributed by atoms with van der Waals surface area (Å²) >= 11 is 5.88. The fraction of sp³-hybridized carbons (Fsp3) is 0.538. The lowest BCUT2D eigenvalue weighted by molar-refractivity contribution is -0.385. The van der Waals surface area contributed by atoms with E-state index in [2.05, 4.69) is 26.1 Å². The average molecular weight is 271 g/mol. The van der Waals surface area contributed by atoms with Crippen LogP contribution < -0.4 is 5.32 Å². The molecule has 1 unspecified atom stereocenters. The van der Waals surface area contributed by atoms with Gasteiger partial charge < -0.3 is 5.32 Å². The van der Waals surface area contributed by atoms with E-state index in [9.17, 15) is 10.1 Å². The molecule has 0 bridgehead atoms. The molecule has 18 heavy (non-hydrogen) atoms. The Balaban J connectivity index is 2.83. The van der Waals surface area contributed by atoms with Gasteiger partial charge >= 0.3 is 0 Å². The van der Waals surface area contributed by atoms with E-state index in [4.69, 9.17) is 11.6 Å². The molecule has 0 heterocycles. The highest BCUT2D eigenvalue weighted by Gasteiger charge is 2.16. The molecule has 1 aromatic rings. The van der Waals surface area contributed by atoms with Gasteiger partial charge in [-0.2, -0.15) is 0 Å². The Hall–Kier alpha value is -1.13. The molecule has 0 fully saturated rings. The van der Waals surface area contributed by atoms with Crippen molar-refractivity contribution in [2.75, 3.05) is 0 Å². The number of nitrogens with one attached hydrogen (secondary N) is 1. The molecule has 0 amide bonds. The molecule has 5 heteroatoms. The van der Waals surface area contributed by atoms with Gasteiger partial charge in [0.05, 0.1) is 4.92 Å². The summed E-state index contributed by atoms with van der Waals surface area (Å²) in [6, 6.07) is 5.00. The smallest absolute Gasteiger partial charge is 0.273 e. The third kappa shape index (κ3) is 3.96. The highest BCUT2D eigenvalue weighted by atomic mass is 35.5. The molecular formula is C13H19ClN2O2. The van der Waals surface area contributed by atoms with Crippen LogP contribution in [0.25, 0.3) is 0 Å². The minimum atomic E-state index is -0.371. The molecule has 4 nitrogen and oxygen atoms in total. The van der Waals surface area contributed by atoms with Crippen LogP contribution in [0, 0.1) is 16.0 Å². The first-order valence-electron chi connectivity index (χ1n) is 6.11. The summed E-state index contributed by atoms with van der Waals surface area (Å²) in [5, 5.41) is 14.8. The van der Waals surface area contributed by atoms with Crippen molar-refractivity contribution in [2.45, 2.75) is 39.8 Å². The molecule has 1 N–H and O–H groups in total. The lowest BCUT2D eigenvalue weighted by Gasteiger charge is -2.20. The van der Waals surface area contributed by atoms with E-state index in [1.165, 1.54) is 6.07 Å². The SMILES string of the molecule is CCC(NCc1cc(Cl)ccc1[N+](=O)[O-])C(C)C. The van der Waals surface area contributed by atoms with Crippen LogP contribution >= 0.6 is 11.6 Å². The Morgan fingerprint density at radius 1 is 1.44 bits per heavy atom. The van der Waals surface area contributed by atoms with Crippen molar-refractivity contribution in [3.8, 4) is 0 Å². The molecule has 1 aromatic carbocycles. The Bertz CT molecular complexity index is 421. The number of benzene rings is 1. The fourth-order valence-electron chi connectivity index (χ4n) is 1.97. The van der Waals surface area contributed by atoms with Gasteiger partial charge in [0.1, 0.15) is 0 Å². The summed E-state index contributed by atoms with van der Waals surface area (Å²) in [6.07, 6.45) is 0.992. The van der Waals surface area contributed by atoms with Crippen LogP contribution in [0.15, 0.2) is 18.2 Å². The third-order valence-electron chi connectivity index (χ3n) is 3.04. The van der Waals surface area contributed by atoms with Gasteiger partial charge in [-0.15, -0.1) is 0 Å². The zero-order valence-electron chi connectivity index (χ0n) is 10.9. The molecule has 1 rings (SSSR count). The van der Waals surface area contributed by atoms with Gasteiger partial charge in [-0.25, -0.2) is 0 Å². The summed E-state index contributed by atoms with van der Waals surface area (Å²) < 4.78 is 0. The lowest BCUT2D eigenvalue weighted by atomic mass is 10.0. The minimum Gasteiger partial charge on any atom is -0.309 e. The lowest BCUT2D eigenvalue weighted by Crippen LogP contribution is -2.32. The van der Waals surface area contributed by atoms with Gasteiger partial charge in [0.25, 0.3) is 5.69 Å². The summed E-state index contributed by atoms with van der Waals surface area (Å²) in [4.78, 5) is 10.5. The predicted octanol–water partition coefficient (Wildman–Crippen LogP) is 3.77. The topological polar surface area (TPSA) is 55.2 Å². The van der Waals surface area contributed by atoms with Crippen LogP contribution in [0.1, 0.15) is 32.8 Å². The second-order valence-corrected chi connectivity index (χ2v) is 5.11. The molecule has 0 aromatic heterocycles. The monoisotopic (exact) mass is 270 g/mol. The van der Waals surface area contributed by atoms with Crippen LogP contribution in [0.4, 0.5) is 5.69 Å². The molecule has 0 spiro atoms. The Morgan fingerprint density at radius 2 is 2.11 bits per heavy atom. The van der Waals surface area contributed by atoms with E-state index in [-0.39, 0.29) is 10.6 Å². The van der Waals surface area contributed by atoms with Crippen LogP contribution in [0.3, 0.4) is 0 Å². The first-order chi connectivity index (χ1) is 8.45. The number of rotatable bonds is 6. The molecule has 0 saturated heterocycles. The number of halogens is 1. The summed E-state index contributed by atoms with van der Waals surface area (Å²) in [5.74, 6) is 0.494. The highest BCUT2D eigenvalue weighted by molar-refractivity contribution is 6.30. The summed E-state index contributed by atoms with van der Waals surface area (Å²) in [6.45, 7) is 6.83. The van der Waals surface area contributed by atoms with Gasteiger partial charge in [0.2, 0.25) is 0 Å². The predicted molar refractivity (Wildman–Crippen MR) is 73.9 cm³/mol. The Labute approximate surface area is 112 Å². The van der Waals surface area contributed by atoms with Crippen molar-refractivity contribution in [2.24, 2.45) is 5.92 Å². The molecule has 100 valence electrons.